The van der Waals surface area contributed by atoms with Gasteiger partial charge in [0.15, 0.2) is 0 Å². The standard InChI is InChI=1S/C58H39N/c1-4-16-40(17-5-1)45-24-14-26-49(36-45)59(56-35-33-46(41-18-6-2-7-19-41)38-55(56)42-20-8-3-9-21-42)50-27-15-25-47(37-50)54-39-48-23-11-13-29-52(48)58-53(54)34-32-44-31-30-43-22-10-12-28-51(43)57(44)58/h1-39H. The van der Waals surface area contributed by atoms with Crippen LogP contribution in [0.2, 0.25) is 0 Å². The first-order chi connectivity index (χ1) is 29.3. The average Bonchev–Trinajstić information content (AvgIpc) is 3.32. The molecule has 0 spiro atoms. The smallest absolute Gasteiger partial charge is 0.0540 e. The molecular formula is C58H39N. The maximum absolute atomic E-state index is 2.44. The van der Waals surface area contributed by atoms with Crippen molar-refractivity contribution in [2.75, 3.05) is 4.90 Å². The zero-order chi connectivity index (χ0) is 39.1. The molecule has 276 valence electrons. The predicted octanol–water partition coefficient (Wildman–Crippen LogP) is 16.4. The Balaban J connectivity index is 1.17. The molecule has 0 unspecified atom stereocenters. The van der Waals surface area contributed by atoms with Crippen molar-refractivity contribution in [1.29, 1.82) is 0 Å². The highest BCUT2D eigenvalue weighted by molar-refractivity contribution is 6.29. The molecular weight excluding hydrogens is 711 g/mol. The van der Waals surface area contributed by atoms with Gasteiger partial charge in [-0.3, -0.25) is 0 Å². The summed E-state index contributed by atoms with van der Waals surface area (Å²) in [6, 6.07) is 86.3. The van der Waals surface area contributed by atoms with Gasteiger partial charge in [-0.05, 0) is 124 Å². The van der Waals surface area contributed by atoms with E-state index in [4.69, 9.17) is 0 Å². The molecule has 11 rings (SSSR count). The molecule has 0 bridgehead atoms. The normalized spacial score (nSPS) is 11.4. The third-order valence-corrected chi connectivity index (χ3v) is 11.8. The van der Waals surface area contributed by atoms with Crippen LogP contribution in [0.5, 0.6) is 0 Å². The van der Waals surface area contributed by atoms with Crippen LogP contribution in [-0.2, 0) is 0 Å². The molecule has 1 nitrogen and oxygen atoms in total. The van der Waals surface area contributed by atoms with Crippen molar-refractivity contribution < 1.29 is 0 Å². The third kappa shape index (κ3) is 6.21. The van der Waals surface area contributed by atoms with E-state index in [9.17, 15) is 0 Å². The lowest BCUT2D eigenvalue weighted by Crippen LogP contribution is -2.11. The molecule has 59 heavy (non-hydrogen) atoms. The van der Waals surface area contributed by atoms with Gasteiger partial charge in [0, 0.05) is 16.9 Å². The van der Waals surface area contributed by atoms with Gasteiger partial charge in [0.05, 0.1) is 5.69 Å². The van der Waals surface area contributed by atoms with Gasteiger partial charge in [-0.25, -0.2) is 0 Å². The highest BCUT2D eigenvalue weighted by Crippen LogP contribution is 2.46. The quantitative estimate of drug-likeness (QED) is 0.147. The monoisotopic (exact) mass is 749 g/mol. The second-order valence-corrected chi connectivity index (χ2v) is 15.3. The van der Waals surface area contributed by atoms with E-state index in [-0.39, 0.29) is 0 Å². The van der Waals surface area contributed by atoms with Crippen LogP contribution in [0, 0.1) is 0 Å². The van der Waals surface area contributed by atoms with Crippen molar-refractivity contribution in [2.45, 2.75) is 0 Å². The summed E-state index contributed by atoms with van der Waals surface area (Å²) in [5.74, 6) is 0. The van der Waals surface area contributed by atoms with Gasteiger partial charge in [0.2, 0.25) is 0 Å². The van der Waals surface area contributed by atoms with Crippen molar-refractivity contribution in [1.82, 2.24) is 0 Å². The van der Waals surface area contributed by atoms with Crippen LogP contribution in [0.1, 0.15) is 0 Å². The van der Waals surface area contributed by atoms with E-state index < -0.39 is 0 Å². The summed E-state index contributed by atoms with van der Waals surface area (Å²) in [7, 11) is 0. The molecule has 0 saturated heterocycles. The largest absolute Gasteiger partial charge is 0.310 e. The van der Waals surface area contributed by atoms with E-state index in [0.29, 0.717) is 0 Å². The maximum atomic E-state index is 2.44. The zero-order valence-corrected chi connectivity index (χ0v) is 32.5. The second-order valence-electron chi connectivity index (χ2n) is 15.3. The maximum Gasteiger partial charge on any atom is 0.0540 e. The van der Waals surface area contributed by atoms with Crippen LogP contribution in [0.3, 0.4) is 0 Å². The number of hydrogen-bond donors (Lipinski definition) is 0. The summed E-state index contributed by atoms with van der Waals surface area (Å²) in [6.07, 6.45) is 0. The van der Waals surface area contributed by atoms with Crippen molar-refractivity contribution in [2.24, 2.45) is 0 Å². The molecule has 0 aliphatic heterocycles. The van der Waals surface area contributed by atoms with Gasteiger partial charge in [-0.2, -0.15) is 0 Å². The molecule has 0 aliphatic rings. The fourth-order valence-corrected chi connectivity index (χ4v) is 9.01. The molecule has 0 saturated carbocycles. The van der Waals surface area contributed by atoms with Crippen molar-refractivity contribution >= 4 is 60.2 Å². The number of anilines is 3. The Morgan fingerprint density at radius 2 is 0.746 bits per heavy atom. The molecule has 0 heterocycles. The van der Waals surface area contributed by atoms with E-state index in [0.717, 1.165) is 22.6 Å². The van der Waals surface area contributed by atoms with Gasteiger partial charge in [0.25, 0.3) is 0 Å². The van der Waals surface area contributed by atoms with Crippen molar-refractivity contribution in [3.05, 3.63) is 237 Å². The Kier molecular flexibility index (Phi) is 8.56. The second kappa shape index (κ2) is 14.6. The summed E-state index contributed by atoms with van der Waals surface area (Å²) >= 11 is 0. The Bertz CT molecular complexity index is 3310. The van der Waals surface area contributed by atoms with Gasteiger partial charge in [-0.1, -0.05) is 194 Å². The minimum absolute atomic E-state index is 1.09. The molecule has 0 amide bonds. The Hall–Kier alpha value is -7.74. The number of benzene rings is 11. The summed E-state index contributed by atoms with van der Waals surface area (Å²) < 4.78 is 0. The highest BCUT2D eigenvalue weighted by atomic mass is 15.1. The fraction of sp³-hybridized carbons (Fsp3) is 0. The molecule has 0 atom stereocenters. The van der Waals surface area contributed by atoms with E-state index in [2.05, 4.69) is 241 Å². The van der Waals surface area contributed by atoms with E-state index in [1.807, 2.05) is 0 Å². The molecule has 11 aromatic rings. The van der Waals surface area contributed by atoms with Gasteiger partial charge in [0.1, 0.15) is 0 Å². The SMILES string of the molecule is c1ccc(-c2cccc(N(c3cccc(-c4cc5ccccc5c5c4ccc4ccc6ccccc6c45)c3)c3ccc(-c4ccccc4)cc3-c3ccccc3)c2)cc1. The predicted molar refractivity (Wildman–Crippen MR) is 253 cm³/mol. The van der Waals surface area contributed by atoms with Crippen molar-refractivity contribution in [3.63, 3.8) is 0 Å². The molecule has 0 radical (unpaired) electrons. The van der Waals surface area contributed by atoms with E-state index >= 15 is 0 Å². The topological polar surface area (TPSA) is 3.24 Å². The van der Waals surface area contributed by atoms with Crippen LogP contribution in [0.15, 0.2) is 237 Å². The third-order valence-electron chi connectivity index (χ3n) is 11.8. The minimum atomic E-state index is 1.09. The van der Waals surface area contributed by atoms with Crippen LogP contribution >= 0.6 is 0 Å². The lowest BCUT2D eigenvalue weighted by Gasteiger charge is -2.29. The van der Waals surface area contributed by atoms with E-state index in [1.54, 1.807) is 0 Å². The number of nitrogens with zero attached hydrogens (tertiary/aromatic N) is 1. The number of rotatable bonds is 7. The first-order valence-corrected chi connectivity index (χ1v) is 20.3. The Morgan fingerprint density at radius 1 is 0.237 bits per heavy atom. The molecule has 1 heteroatoms. The minimum Gasteiger partial charge on any atom is -0.310 e. The van der Waals surface area contributed by atoms with Gasteiger partial charge in [-0.15, -0.1) is 0 Å². The van der Waals surface area contributed by atoms with Crippen LogP contribution in [0.25, 0.3) is 87.6 Å². The first kappa shape index (κ1) is 34.5. The number of fused-ring (bicyclic) bond motifs is 7. The first-order valence-electron chi connectivity index (χ1n) is 20.3. The average molecular weight is 750 g/mol. The summed E-state index contributed by atoms with van der Waals surface area (Å²) in [5.41, 5.74) is 12.7. The molecule has 0 aliphatic carbocycles. The Morgan fingerprint density at radius 3 is 1.44 bits per heavy atom. The van der Waals surface area contributed by atoms with Crippen molar-refractivity contribution in [3.8, 4) is 44.5 Å². The van der Waals surface area contributed by atoms with Gasteiger partial charge >= 0.3 is 0 Å². The van der Waals surface area contributed by atoms with Gasteiger partial charge < -0.3 is 4.90 Å². The summed E-state index contributed by atoms with van der Waals surface area (Å²) in [5, 5.41) is 10.1. The fourth-order valence-electron chi connectivity index (χ4n) is 9.01. The molecule has 11 aromatic carbocycles. The lowest BCUT2D eigenvalue weighted by molar-refractivity contribution is 1.28. The Labute approximate surface area is 344 Å². The van der Waals surface area contributed by atoms with Crippen LogP contribution < -0.4 is 4.90 Å². The van der Waals surface area contributed by atoms with Crippen LogP contribution in [0.4, 0.5) is 17.1 Å². The summed E-state index contributed by atoms with van der Waals surface area (Å²) in [4.78, 5) is 2.44. The molecule has 0 N–H and O–H groups in total. The lowest BCUT2D eigenvalue weighted by atomic mass is 9.88. The van der Waals surface area contributed by atoms with Crippen LogP contribution in [-0.4, -0.2) is 0 Å². The highest BCUT2D eigenvalue weighted by Gasteiger charge is 2.21. The molecule has 0 aromatic heterocycles. The van der Waals surface area contributed by atoms with E-state index in [1.165, 1.54) is 82.0 Å². The summed E-state index contributed by atoms with van der Waals surface area (Å²) in [6.45, 7) is 0. The molecule has 0 fully saturated rings. The zero-order valence-electron chi connectivity index (χ0n) is 32.5. The number of hydrogen-bond acceptors (Lipinski definition) is 1.